The fourth-order valence-corrected chi connectivity index (χ4v) is 3.75. The fraction of sp³-hybridized carbons (Fsp3) is 0.0952. The normalized spacial score (nSPS) is 11.1. The number of hydrogen-bond donors (Lipinski definition) is 1. The van der Waals surface area contributed by atoms with Gasteiger partial charge < -0.3 is 4.74 Å². The summed E-state index contributed by atoms with van der Waals surface area (Å²) in [7, 11) is -4.19. The summed E-state index contributed by atoms with van der Waals surface area (Å²) in [4.78, 5) is 11.3. The van der Waals surface area contributed by atoms with Gasteiger partial charge in [-0.05, 0) is 35.4 Å². The lowest BCUT2D eigenvalue weighted by Crippen LogP contribution is -2.16. The summed E-state index contributed by atoms with van der Waals surface area (Å²) in [6, 6.07) is 19.1. The molecule has 0 heterocycles. The number of anilines is 1. The van der Waals surface area contributed by atoms with E-state index in [1.807, 2.05) is 30.3 Å². The number of halogens is 1. The topological polar surface area (TPSA) is 72.5 Å². The number of rotatable bonds is 6. The Balaban J connectivity index is 1.97. The van der Waals surface area contributed by atoms with Crippen LogP contribution in [-0.4, -0.2) is 14.4 Å². The molecule has 0 aliphatic carbocycles. The Hall–Kier alpha value is -3.19. The van der Waals surface area contributed by atoms with Gasteiger partial charge in [0.05, 0.1) is 5.69 Å². The third-order valence-corrected chi connectivity index (χ3v) is 5.37. The average molecular weight is 399 g/mol. The van der Waals surface area contributed by atoms with Crippen molar-refractivity contribution in [3.63, 3.8) is 0 Å². The quantitative estimate of drug-likeness (QED) is 0.485. The van der Waals surface area contributed by atoms with Crippen molar-refractivity contribution in [1.82, 2.24) is 0 Å². The number of carbonyl (C=O) groups excluding carboxylic acids is 1. The van der Waals surface area contributed by atoms with Crippen LogP contribution in [0.1, 0.15) is 13.3 Å². The highest BCUT2D eigenvalue weighted by atomic mass is 32.2. The molecule has 0 spiro atoms. The summed E-state index contributed by atoms with van der Waals surface area (Å²) in [6.07, 6.45) is 0.0928. The molecular weight excluding hydrogens is 381 g/mol. The van der Waals surface area contributed by atoms with E-state index in [2.05, 4.69) is 4.72 Å². The SMILES string of the molecule is CCC(=O)Oc1ccccc1S(=O)(=O)Nc1cc(-c2ccccc2)ccc1F. The number of esters is 1. The van der Waals surface area contributed by atoms with Crippen LogP contribution >= 0.6 is 0 Å². The second-order valence-corrected chi connectivity index (χ2v) is 7.59. The van der Waals surface area contributed by atoms with Crippen LogP contribution in [0.4, 0.5) is 10.1 Å². The summed E-state index contributed by atoms with van der Waals surface area (Å²) in [5.74, 6) is -1.40. The number of sulfonamides is 1. The molecule has 28 heavy (non-hydrogen) atoms. The van der Waals surface area contributed by atoms with E-state index >= 15 is 0 Å². The van der Waals surface area contributed by atoms with Crippen LogP contribution in [-0.2, 0) is 14.8 Å². The number of para-hydroxylation sites is 1. The standard InChI is InChI=1S/C21H18FNO4S/c1-2-21(24)27-19-10-6-7-11-20(19)28(25,26)23-18-14-16(12-13-17(18)22)15-8-4-3-5-9-15/h3-14,23H,2H2,1H3. The molecular formula is C21H18FNO4S. The van der Waals surface area contributed by atoms with Gasteiger partial charge in [0.25, 0.3) is 10.0 Å². The first-order chi connectivity index (χ1) is 13.4. The summed E-state index contributed by atoms with van der Waals surface area (Å²) in [5.41, 5.74) is 1.28. The Morgan fingerprint density at radius 2 is 1.64 bits per heavy atom. The van der Waals surface area contributed by atoms with Gasteiger partial charge in [0, 0.05) is 6.42 Å². The molecule has 0 saturated heterocycles. The van der Waals surface area contributed by atoms with Crippen molar-refractivity contribution in [1.29, 1.82) is 0 Å². The molecule has 144 valence electrons. The Morgan fingerprint density at radius 3 is 2.36 bits per heavy atom. The van der Waals surface area contributed by atoms with Crippen molar-refractivity contribution in [3.8, 4) is 16.9 Å². The van der Waals surface area contributed by atoms with Gasteiger partial charge in [-0.3, -0.25) is 9.52 Å². The monoisotopic (exact) mass is 399 g/mol. The maximum atomic E-state index is 14.3. The smallest absolute Gasteiger partial charge is 0.310 e. The maximum absolute atomic E-state index is 14.3. The molecule has 3 aromatic rings. The molecule has 0 fully saturated rings. The van der Waals surface area contributed by atoms with Gasteiger partial charge in [0.15, 0.2) is 5.75 Å². The van der Waals surface area contributed by atoms with Crippen molar-refractivity contribution in [2.75, 3.05) is 4.72 Å². The second-order valence-electron chi connectivity index (χ2n) is 5.94. The largest absolute Gasteiger partial charge is 0.425 e. The van der Waals surface area contributed by atoms with Crippen LogP contribution in [0.2, 0.25) is 0 Å². The zero-order valence-electron chi connectivity index (χ0n) is 15.1. The number of carbonyl (C=O) groups is 1. The first-order valence-corrected chi connectivity index (χ1v) is 10.1. The van der Waals surface area contributed by atoms with Crippen LogP contribution in [0.25, 0.3) is 11.1 Å². The maximum Gasteiger partial charge on any atom is 0.310 e. The van der Waals surface area contributed by atoms with Crippen molar-refractivity contribution in [3.05, 3.63) is 78.6 Å². The first-order valence-electron chi connectivity index (χ1n) is 8.58. The molecule has 3 rings (SSSR count). The number of nitrogens with one attached hydrogen (secondary N) is 1. The Labute approximate surface area is 162 Å². The molecule has 0 aliphatic rings. The zero-order chi connectivity index (χ0) is 20.1. The Morgan fingerprint density at radius 1 is 0.964 bits per heavy atom. The predicted molar refractivity (Wildman–Crippen MR) is 105 cm³/mol. The molecule has 0 amide bonds. The fourth-order valence-electron chi connectivity index (χ4n) is 2.56. The van der Waals surface area contributed by atoms with Gasteiger partial charge in [0.2, 0.25) is 0 Å². The van der Waals surface area contributed by atoms with Gasteiger partial charge in [-0.1, -0.05) is 55.5 Å². The van der Waals surface area contributed by atoms with Crippen LogP contribution in [0.5, 0.6) is 5.75 Å². The summed E-state index contributed by atoms with van der Waals surface area (Å²) in [5, 5.41) is 0. The molecule has 0 bridgehead atoms. The van der Waals surface area contributed by atoms with E-state index in [4.69, 9.17) is 4.74 Å². The van der Waals surface area contributed by atoms with E-state index in [1.54, 1.807) is 19.1 Å². The van der Waals surface area contributed by atoms with E-state index in [0.29, 0.717) is 5.56 Å². The molecule has 1 N–H and O–H groups in total. The molecule has 3 aromatic carbocycles. The first kappa shape index (κ1) is 19.6. The summed E-state index contributed by atoms with van der Waals surface area (Å²) >= 11 is 0. The van der Waals surface area contributed by atoms with E-state index in [0.717, 1.165) is 5.56 Å². The molecule has 0 saturated carbocycles. The third-order valence-electron chi connectivity index (χ3n) is 3.97. The lowest BCUT2D eigenvalue weighted by Gasteiger charge is -2.13. The van der Waals surface area contributed by atoms with Crippen molar-refractivity contribution >= 4 is 21.7 Å². The number of benzene rings is 3. The Bertz CT molecular complexity index is 1100. The lowest BCUT2D eigenvalue weighted by atomic mass is 10.1. The summed E-state index contributed by atoms with van der Waals surface area (Å²) in [6.45, 7) is 1.60. The minimum Gasteiger partial charge on any atom is -0.425 e. The highest BCUT2D eigenvalue weighted by Gasteiger charge is 2.22. The molecule has 0 aromatic heterocycles. The summed E-state index contributed by atoms with van der Waals surface area (Å²) < 4.78 is 47.3. The lowest BCUT2D eigenvalue weighted by molar-refractivity contribution is -0.134. The zero-order valence-corrected chi connectivity index (χ0v) is 15.9. The number of ether oxygens (including phenoxy) is 1. The van der Waals surface area contributed by atoms with Gasteiger partial charge in [-0.25, -0.2) is 12.8 Å². The minimum atomic E-state index is -4.19. The highest BCUT2D eigenvalue weighted by Crippen LogP contribution is 2.29. The molecule has 0 radical (unpaired) electrons. The third kappa shape index (κ3) is 4.37. The molecule has 0 aliphatic heterocycles. The van der Waals surface area contributed by atoms with Gasteiger partial charge in [-0.15, -0.1) is 0 Å². The van der Waals surface area contributed by atoms with Crippen molar-refractivity contribution in [2.24, 2.45) is 0 Å². The van der Waals surface area contributed by atoms with Gasteiger partial charge in [0.1, 0.15) is 10.7 Å². The second kappa shape index (κ2) is 8.22. The van der Waals surface area contributed by atoms with Crippen molar-refractivity contribution < 1.29 is 22.3 Å². The van der Waals surface area contributed by atoms with Crippen molar-refractivity contribution in [2.45, 2.75) is 18.2 Å². The van der Waals surface area contributed by atoms with Crippen LogP contribution in [0, 0.1) is 5.82 Å². The van der Waals surface area contributed by atoms with Gasteiger partial charge in [-0.2, -0.15) is 0 Å². The Kier molecular flexibility index (Phi) is 5.75. The van der Waals surface area contributed by atoms with E-state index in [1.165, 1.54) is 30.3 Å². The minimum absolute atomic E-state index is 0.0928. The van der Waals surface area contributed by atoms with E-state index in [9.17, 15) is 17.6 Å². The number of hydrogen-bond acceptors (Lipinski definition) is 4. The molecule has 5 nitrogen and oxygen atoms in total. The highest BCUT2D eigenvalue weighted by molar-refractivity contribution is 7.92. The molecule has 0 unspecified atom stereocenters. The van der Waals surface area contributed by atoms with Crippen LogP contribution in [0.3, 0.4) is 0 Å². The predicted octanol–water partition coefficient (Wildman–Crippen LogP) is 4.61. The molecule has 7 heteroatoms. The van der Waals surface area contributed by atoms with E-state index < -0.39 is 21.8 Å². The van der Waals surface area contributed by atoms with Gasteiger partial charge >= 0.3 is 5.97 Å². The van der Waals surface area contributed by atoms with E-state index in [-0.39, 0.29) is 22.8 Å². The average Bonchev–Trinajstić information content (AvgIpc) is 2.70. The van der Waals surface area contributed by atoms with Crippen LogP contribution in [0.15, 0.2) is 77.7 Å². The van der Waals surface area contributed by atoms with Crippen LogP contribution < -0.4 is 9.46 Å². The molecule has 0 atom stereocenters.